The topological polar surface area (TPSA) is 78.0 Å². The van der Waals surface area contributed by atoms with Gasteiger partial charge in [0.2, 0.25) is 0 Å². The maximum Gasteiger partial charge on any atom is 0.269 e. The molecule has 3 rings (SSSR count). The molecule has 0 unspecified atom stereocenters. The highest BCUT2D eigenvalue weighted by atomic mass is 16.3. The molecule has 1 heterocycles. The molecule has 3 aromatic rings. The van der Waals surface area contributed by atoms with Gasteiger partial charge in [-0.05, 0) is 36.2 Å². The van der Waals surface area contributed by atoms with Crippen LogP contribution in [0.15, 0.2) is 54.6 Å². The number of H-pyrrole nitrogens is 1. The number of phenols is 1. The minimum absolute atomic E-state index is 0.146. The molecule has 0 bridgehead atoms. The molecule has 3 N–H and O–H groups in total. The van der Waals surface area contributed by atoms with E-state index in [0.717, 1.165) is 11.1 Å². The van der Waals surface area contributed by atoms with Gasteiger partial charge < -0.3 is 10.4 Å². The van der Waals surface area contributed by atoms with E-state index in [1.165, 1.54) is 0 Å². The smallest absolute Gasteiger partial charge is 0.269 e. The van der Waals surface area contributed by atoms with Crippen LogP contribution in [0.25, 0.3) is 11.3 Å². The molecule has 1 aromatic heterocycles. The highest BCUT2D eigenvalue weighted by Crippen LogP contribution is 2.28. The number of aromatic amines is 1. The van der Waals surface area contributed by atoms with Crippen molar-refractivity contribution in [2.75, 3.05) is 0 Å². The molecule has 0 aliphatic heterocycles. The lowest BCUT2D eigenvalue weighted by molar-refractivity contribution is 0.0946. The van der Waals surface area contributed by atoms with Crippen molar-refractivity contribution in [2.45, 2.75) is 13.5 Å². The van der Waals surface area contributed by atoms with E-state index < -0.39 is 0 Å². The van der Waals surface area contributed by atoms with E-state index in [1.54, 1.807) is 18.2 Å². The Balaban J connectivity index is 1.72. The summed E-state index contributed by atoms with van der Waals surface area (Å²) in [5, 5.41) is 19.6. The summed E-state index contributed by atoms with van der Waals surface area (Å²) in [6, 6.07) is 16.6. The van der Waals surface area contributed by atoms with E-state index in [1.807, 2.05) is 43.3 Å². The largest absolute Gasteiger partial charge is 0.507 e. The summed E-state index contributed by atoms with van der Waals surface area (Å²) in [5.74, 6) is -0.0908. The minimum Gasteiger partial charge on any atom is -0.507 e. The number of amides is 1. The summed E-state index contributed by atoms with van der Waals surface area (Å²) in [5.41, 5.74) is 3.47. The van der Waals surface area contributed by atoms with Gasteiger partial charge in [0, 0.05) is 12.1 Å². The molecule has 5 heteroatoms. The van der Waals surface area contributed by atoms with Crippen molar-refractivity contribution in [3.8, 4) is 17.0 Å². The van der Waals surface area contributed by atoms with Crippen molar-refractivity contribution in [1.82, 2.24) is 15.5 Å². The molecule has 0 radical (unpaired) electrons. The predicted octanol–water partition coefficient (Wildman–Crippen LogP) is 3.02. The highest BCUT2D eigenvalue weighted by molar-refractivity contribution is 5.93. The lowest BCUT2D eigenvalue weighted by Crippen LogP contribution is -2.23. The number of nitrogens with zero attached hydrogens (tertiary/aromatic N) is 1. The molecule has 0 saturated heterocycles. The van der Waals surface area contributed by atoms with Crippen LogP contribution in [-0.2, 0) is 6.54 Å². The van der Waals surface area contributed by atoms with Gasteiger partial charge in [0.05, 0.1) is 5.69 Å². The molecule has 116 valence electrons. The summed E-state index contributed by atoms with van der Waals surface area (Å²) < 4.78 is 0. The van der Waals surface area contributed by atoms with Crippen molar-refractivity contribution >= 4 is 5.91 Å². The fourth-order valence-electron chi connectivity index (χ4n) is 2.31. The first kappa shape index (κ1) is 14.8. The molecule has 0 saturated carbocycles. The Morgan fingerprint density at radius 2 is 1.96 bits per heavy atom. The molecular formula is C18H17N3O2. The first-order valence-corrected chi connectivity index (χ1v) is 7.31. The lowest BCUT2D eigenvalue weighted by atomic mass is 10.1. The number of aromatic hydroxyl groups is 1. The van der Waals surface area contributed by atoms with Crippen LogP contribution in [0, 0.1) is 6.92 Å². The molecule has 23 heavy (non-hydrogen) atoms. The third kappa shape index (κ3) is 3.40. The zero-order chi connectivity index (χ0) is 16.2. The fraction of sp³-hybridized carbons (Fsp3) is 0.111. The van der Waals surface area contributed by atoms with Gasteiger partial charge in [-0.25, -0.2) is 0 Å². The van der Waals surface area contributed by atoms with Crippen LogP contribution in [0.3, 0.4) is 0 Å². The minimum atomic E-state index is -0.237. The molecule has 5 nitrogen and oxygen atoms in total. The molecule has 0 fully saturated rings. The summed E-state index contributed by atoms with van der Waals surface area (Å²) >= 11 is 0. The third-order valence-electron chi connectivity index (χ3n) is 3.55. The molecule has 1 amide bonds. The zero-order valence-corrected chi connectivity index (χ0v) is 12.7. The Kier molecular flexibility index (Phi) is 4.10. The number of rotatable bonds is 4. The first-order valence-electron chi connectivity index (χ1n) is 7.31. The van der Waals surface area contributed by atoms with Gasteiger partial charge in [-0.2, -0.15) is 5.10 Å². The van der Waals surface area contributed by atoms with Crippen LogP contribution in [0.1, 0.15) is 21.6 Å². The Morgan fingerprint density at radius 1 is 1.17 bits per heavy atom. The van der Waals surface area contributed by atoms with Crippen LogP contribution in [-0.4, -0.2) is 21.2 Å². The van der Waals surface area contributed by atoms with Gasteiger partial charge in [-0.3, -0.25) is 9.89 Å². The van der Waals surface area contributed by atoms with Crippen molar-refractivity contribution in [3.63, 3.8) is 0 Å². The van der Waals surface area contributed by atoms with Gasteiger partial charge in [0.15, 0.2) is 0 Å². The molecule has 0 aliphatic carbocycles. The van der Waals surface area contributed by atoms with Gasteiger partial charge in [0.1, 0.15) is 11.4 Å². The number of phenolic OH excluding ortho intramolecular Hbond substituents is 1. The average molecular weight is 307 g/mol. The number of benzene rings is 2. The standard InChI is InChI=1S/C18H17N3O2/c1-12-7-8-14(17(22)9-12)15-10-16(21-20-15)18(23)19-11-13-5-3-2-4-6-13/h2-10,22H,11H2,1H3,(H,19,23)(H,20,21). The second-order valence-corrected chi connectivity index (χ2v) is 5.36. The van der Waals surface area contributed by atoms with E-state index in [4.69, 9.17) is 0 Å². The van der Waals surface area contributed by atoms with Crippen molar-refractivity contribution in [1.29, 1.82) is 0 Å². The quantitative estimate of drug-likeness (QED) is 0.693. The van der Waals surface area contributed by atoms with Crippen molar-refractivity contribution in [3.05, 3.63) is 71.4 Å². The van der Waals surface area contributed by atoms with Crippen LogP contribution in [0.4, 0.5) is 0 Å². The maximum absolute atomic E-state index is 12.2. The summed E-state index contributed by atoms with van der Waals surface area (Å²) in [4.78, 5) is 12.2. The molecule has 0 atom stereocenters. The number of aryl methyl sites for hydroxylation is 1. The predicted molar refractivity (Wildman–Crippen MR) is 88.0 cm³/mol. The third-order valence-corrected chi connectivity index (χ3v) is 3.55. The Hall–Kier alpha value is -3.08. The fourth-order valence-corrected chi connectivity index (χ4v) is 2.31. The number of aromatic nitrogens is 2. The van der Waals surface area contributed by atoms with Gasteiger partial charge in [-0.15, -0.1) is 0 Å². The van der Waals surface area contributed by atoms with Crippen LogP contribution >= 0.6 is 0 Å². The summed E-state index contributed by atoms with van der Waals surface area (Å²) in [7, 11) is 0. The number of carbonyl (C=O) groups excluding carboxylic acids is 1. The van der Waals surface area contributed by atoms with Crippen molar-refractivity contribution < 1.29 is 9.90 Å². The summed E-state index contributed by atoms with van der Waals surface area (Å²) in [6.45, 7) is 2.35. The SMILES string of the molecule is Cc1ccc(-c2cc(C(=O)NCc3ccccc3)[nH]n2)c(O)c1. The average Bonchev–Trinajstić information content (AvgIpc) is 3.03. The molecule has 0 spiro atoms. The highest BCUT2D eigenvalue weighted by Gasteiger charge is 2.13. The van der Waals surface area contributed by atoms with Crippen molar-refractivity contribution in [2.24, 2.45) is 0 Å². The van der Waals surface area contributed by atoms with Crippen LogP contribution in [0.2, 0.25) is 0 Å². The number of hydrogen-bond donors (Lipinski definition) is 3. The first-order chi connectivity index (χ1) is 11.1. The van der Waals surface area contributed by atoms with Crippen LogP contribution < -0.4 is 5.32 Å². The monoisotopic (exact) mass is 307 g/mol. The van der Waals surface area contributed by atoms with E-state index in [-0.39, 0.29) is 11.7 Å². The van der Waals surface area contributed by atoms with Crippen LogP contribution in [0.5, 0.6) is 5.75 Å². The zero-order valence-electron chi connectivity index (χ0n) is 12.7. The maximum atomic E-state index is 12.2. The van der Waals surface area contributed by atoms with E-state index in [0.29, 0.717) is 23.5 Å². The lowest BCUT2D eigenvalue weighted by Gasteiger charge is -2.03. The Labute approximate surface area is 134 Å². The molecule has 2 aromatic carbocycles. The number of hydrogen-bond acceptors (Lipinski definition) is 3. The number of carbonyl (C=O) groups is 1. The second kappa shape index (κ2) is 6.36. The summed E-state index contributed by atoms with van der Waals surface area (Å²) in [6.07, 6.45) is 0. The van der Waals surface area contributed by atoms with E-state index in [2.05, 4.69) is 15.5 Å². The van der Waals surface area contributed by atoms with Gasteiger partial charge in [-0.1, -0.05) is 36.4 Å². The Bertz CT molecular complexity index is 825. The van der Waals surface area contributed by atoms with Gasteiger partial charge >= 0.3 is 0 Å². The molecular weight excluding hydrogens is 290 g/mol. The van der Waals surface area contributed by atoms with E-state index >= 15 is 0 Å². The molecule has 0 aliphatic rings. The van der Waals surface area contributed by atoms with Gasteiger partial charge in [0.25, 0.3) is 5.91 Å². The number of nitrogens with one attached hydrogen (secondary N) is 2. The van der Waals surface area contributed by atoms with E-state index in [9.17, 15) is 9.90 Å². The Morgan fingerprint density at radius 3 is 2.70 bits per heavy atom. The second-order valence-electron chi connectivity index (χ2n) is 5.36. The normalized spacial score (nSPS) is 10.5.